The van der Waals surface area contributed by atoms with Gasteiger partial charge >= 0.3 is 6.18 Å². The lowest BCUT2D eigenvalue weighted by Gasteiger charge is -2.23. The van der Waals surface area contributed by atoms with Gasteiger partial charge in [0.15, 0.2) is 0 Å². The summed E-state index contributed by atoms with van der Waals surface area (Å²) in [5.74, 6) is -0.659. The van der Waals surface area contributed by atoms with Crippen LogP contribution in [0.1, 0.15) is 24.1 Å². The van der Waals surface area contributed by atoms with Crippen molar-refractivity contribution < 1.29 is 17.6 Å². The van der Waals surface area contributed by atoms with Gasteiger partial charge in [-0.15, -0.1) is 0 Å². The molecule has 0 radical (unpaired) electrons. The third-order valence-electron chi connectivity index (χ3n) is 2.29. The van der Waals surface area contributed by atoms with Crippen LogP contribution in [0.25, 0.3) is 0 Å². The van der Waals surface area contributed by atoms with Gasteiger partial charge < -0.3 is 5.32 Å². The number of hydrogen-bond acceptors (Lipinski definition) is 1. The number of halogens is 4. The van der Waals surface area contributed by atoms with E-state index in [9.17, 15) is 17.6 Å². The maximum Gasteiger partial charge on any atom is 0.407 e. The van der Waals surface area contributed by atoms with E-state index in [4.69, 9.17) is 0 Å². The third kappa shape index (κ3) is 2.95. The number of benzene rings is 1. The second-order valence-electron chi connectivity index (χ2n) is 3.53. The first-order valence-corrected chi connectivity index (χ1v) is 4.92. The molecule has 0 saturated carbocycles. The summed E-state index contributed by atoms with van der Waals surface area (Å²) in [6.45, 7) is 3.28. The number of rotatable bonds is 3. The molecular formula is C11H13F4N. The molecular weight excluding hydrogens is 222 g/mol. The maximum absolute atomic E-state index is 12.9. The predicted octanol–water partition coefficient (Wildman–Crippen LogP) is 3.35. The monoisotopic (exact) mass is 235 g/mol. The quantitative estimate of drug-likeness (QED) is 0.792. The van der Waals surface area contributed by atoms with Gasteiger partial charge in [-0.2, -0.15) is 13.2 Å². The number of aryl methyl sites for hydroxylation is 1. The van der Waals surface area contributed by atoms with E-state index < -0.39 is 18.0 Å². The summed E-state index contributed by atoms with van der Waals surface area (Å²) in [6, 6.07) is 1.61. The fourth-order valence-corrected chi connectivity index (χ4v) is 1.53. The lowest BCUT2D eigenvalue weighted by atomic mass is 10.0. The highest BCUT2D eigenvalue weighted by atomic mass is 19.4. The van der Waals surface area contributed by atoms with Crippen molar-refractivity contribution in [1.82, 2.24) is 5.32 Å². The Morgan fingerprint density at radius 2 is 1.94 bits per heavy atom. The van der Waals surface area contributed by atoms with Crippen LogP contribution in [0.4, 0.5) is 17.6 Å². The number of nitrogens with one attached hydrogen (secondary N) is 1. The standard InChI is InChI=1S/C11H13F4N/c1-3-16-10(11(13,14)15)9-6-8(12)5-4-7(9)2/h4-6,10,16H,3H2,1-2H3. The summed E-state index contributed by atoms with van der Waals surface area (Å²) >= 11 is 0. The molecule has 0 saturated heterocycles. The molecule has 0 aliphatic carbocycles. The minimum atomic E-state index is -4.42. The van der Waals surface area contributed by atoms with Crippen LogP contribution >= 0.6 is 0 Å². The van der Waals surface area contributed by atoms with E-state index in [0.717, 1.165) is 12.1 Å². The molecule has 0 heterocycles. The summed E-state index contributed by atoms with van der Waals surface area (Å²) in [5, 5.41) is 2.32. The first-order chi connectivity index (χ1) is 7.36. The summed E-state index contributed by atoms with van der Waals surface area (Å²) in [5.41, 5.74) is 0.360. The average Bonchev–Trinajstić information content (AvgIpc) is 2.17. The van der Waals surface area contributed by atoms with Crippen LogP contribution < -0.4 is 5.32 Å². The largest absolute Gasteiger partial charge is 0.407 e. The van der Waals surface area contributed by atoms with Gasteiger partial charge in [0.05, 0.1) is 0 Å². The molecule has 16 heavy (non-hydrogen) atoms. The normalized spacial score (nSPS) is 13.9. The molecule has 0 amide bonds. The van der Waals surface area contributed by atoms with E-state index >= 15 is 0 Å². The van der Waals surface area contributed by atoms with Gasteiger partial charge in [-0.25, -0.2) is 4.39 Å². The van der Waals surface area contributed by atoms with E-state index in [1.165, 1.54) is 13.0 Å². The molecule has 90 valence electrons. The zero-order chi connectivity index (χ0) is 12.3. The van der Waals surface area contributed by atoms with Crippen molar-refractivity contribution in [3.8, 4) is 0 Å². The van der Waals surface area contributed by atoms with Crippen LogP contribution in [-0.2, 0) is 0 Å². The van der Waals surface area contributed by atoms with Crippen LogP contribution in [0.5, 0.6) is 0 Å². The second-order valence-corrected chi connectivity index (χ2v) is 3.53. The van der Waals surface area contributed by atoms with Gasteiger partial charge in [-0.3, -0.25) is 0 Å². The highest BCUT2D eigenvalue weighted by Crippen LogP contribution is 2.34. The molecule has 0 aliphatic rings. The Balaban J connectivity index is 3.15. The van der Waals surface area contributed by atoms with Crippen molar-refractivity contribution in [2.24, 2.45) is 0 Å². The van der Waals surface area contributed by atoms with E-state index in [2.05, 4.69) is 5.32 Å². The Morgan fingerprint density at radius 3 is 2.44 bits per heavy atom. The summed E-state index contributed by atoms with van der Waals surface area (Å²) in [7, 11) is 0. The fraction of sp³-hybridized carbons (Fsp3) is 0.455. The van der Waals surface area contributed by atoms with Gasteiger partial charge in [0.2, 0.25) is 0 Å². The highest BCUT2D eigenvalue weighted by Gasteiger charge is 2.40. The number of alkyl halides is 3. The third-order valence-corrected chi connectivity index (χ3v) is 2.29. The zero-order valence-corrected chi connectivity index (χ0v) is 9.03. The molecule has 0 fully saturated rings. The van der Waals surface area contributed by atoms with Crippen LogP contribution in [0.2, 0.25) is 0 Å². The molecule has 0 bridgehead atoms. The molecule has 0 spiro atoms. The summed E-state index contributed by atoms with van der Waals surface area (Å²) < 4.78 is 51.1. The molecule has 1 nitrogen and oxygen atoms in total. The molecule has 1 rings (SSSR count). The van der Waals surface area contributed by atoms with Crippen LogP contribution in [-0.4, -0.2) is 12.7 Å². The van der Waals surface area contributed by atoms with E-state index in [1.54, 1.807) is 6.92 Å². The molecule has 1 atom stereocenters. The maximum atomic E-state index is 12.9. The van der Waals surface area contributed by atoms with Crippen LogP contribution in [0.3, 0.4) is 0 Å². The molecule has 1 N–H and O–H groups in total. The number of hydrogen-bond donors (Lipinski definition) is 1. The Hall–Kier alpha value is -1.10. The van der Waals surface area contributed by atoms with Gasteiger partial charge in [-0.05, 0) is 36.7 Å². The van der Waals surface area contributed by atoms with Gasteiger partial charge in [0.25, 0.3) is 0 Å². The van der Waals surface area contributed by atoms with Gasteiger partial charge in [-0.1, -0.05) is 13.0 Å². The molecule has 0 aliphatic heterocycles. The summed E-state index contributed by atoms with van der Waals surface area (Å²) in [4.78, 5) is 0. The Bertz CT molecular complexity index is 359. The first kappa shape index (κ1) is 13.0. The first-order valence-electron chi connectivity index (χ1n) is 4.92. The van der Waals surface area contributed by atoms with Crippen molar-refractivity contribution in [1.29, 1.82) is 0 Å². The van der Waals surface area contributed by atoms with Crippen molar-refractivity contribution in [3.05, 3.63) is 35.1 Å². The van der Waals surface area contributed by atoms with Crippen LogP contribution in [0, 0.1) is 12.7 Å². The highest BCUT2D eigenvalue weighted by molar-refractivity contribution is 5.30. The smallest absolute Gasteiger partial charge is 0.303 e. The fourth-order valence-electron chi connectivity index (χ4n) is 1.53. The second kappa shape index (κ2) is 4.82. The van der Waals surface area contributed by atoms with Gasteiger partial charge in [0, 0.05) is 0 Å². The molecule has 1 aromatic rings. The van der Waals surface area contributed by atoms with E-state index in [0.29, 0.717) is 5.56 Å². The Morgan fingerprint density at radius 1 is 1.31 bits per heavy atom. The molecule has 1 unspecified atom stereocenters. The molecule has 0 aromatic heterocycles. The van der Waals surface area contributed by atoms with E-state index in [-0.39, 0.29) is 12.1 Å². The van der Waals surface area contributed by atoms with Gasteiger partial charge in [0.1, 0.15) is 11.9 Å². The lowest BCUT2D eigenvalue weighted by molar-refractivity contribution is -0.157. The SMILES string of the molecule is CCNC(c1cc(F)ccc1C)C(F)(F)F. The van der Waals surface area contributed by atoms with E-state index in [1.807, 2.05) is 0 Å². The minimum Gasteiger partial charge on any atom is -0.303 e. The summed E-state index contributed by atoms with van der Waals surface area (Å²) in [6.07, 6.45) is -4.42. The van der Waals surface area contributed by atoms with Crippen molar-refractivity contribution in [2.75, 3.05) is 6.54 Å². The van der Waals surface area contributed by atoms with Crippen molar-refractivity contribution in [2.45, 2.75) is 26.1 Å². The zero-order valence-electron chi connectivity index (χ0n) is 9.03. The predicted molar refractivity (Wildman–Crippen MR) is 53.6 cm³/mol. The van der Waals surface area contributed by atoms with Crippen molar-refractivity contribution in [3.63, 3.8) is 0 Å². The topological polar surface area (TPSA) is 12.0 Å². The molecule has 1 aromatic carbocycles. The minimum absolute atomic E-state index is 0.0608. The Labute approximate surface area is 91.5 Å². The Kier molecular flexibility index (Phi) is 3.91. The van der Waals surface area contributed by atoms with Crippen LogP contribution in [0.15, 0.2) is 18.2 Å². The molecule has 5 heteroatoms. The van der Waals surface area contributed by atoms with Crippen molar-refractivity contribution >= 4 is 0 Å². The average molecular weight is 235 g/mol. The lowest BCUT2D eigenvalue weighted by Crippen LogP contribution is -2.34.